The molecule has 1 aliphatic rings. The molecule has 1 saturated heterocycles. The number of aryl methyl sites for hydroxylation is 1. The van der Waals surface area contributed by atoms with Crippen LogP contribution in [0.25, 0.3) is 0 Å². The van der Waals surface area contributed by atoms with Gasteiger partial charge in [0.15, 0.2) is 15.8 Å². The van der Waals surface area contributed by atoms with Gasteiger partial charge in [-0.1, -0.05) is 6.07 Å². The number of carbonyl (C=O) groups excluding carboxylic acids is 1. The standard InChI is InChI=1S/C17H25FN4O3S.HI/c1-3-19-17(22-14-6-9-26(24,25)11-14)21-8-7-20-16(23)13-5-4-12(2)15(18)10-13;/h4-5,10,14H,3,6-9,11H2,1-2H3,(H,20,23)(H2,19,21,22);1H. The molecule has 1 heterocycles. The van der Waals surface area contributed by atoms with E-state index in [4.69, 9.17) is 0 Å². The zero-order valence-corrected chi connectivity index (χ0v) is 18.6. The van der Waals surface area contributed by atoms with Gasteiger partial charge in [-0.15, -0.1) is 24.0 Å². The van der Waals surface area contributed by atoms with Gasteiger partial charge < -0.3 is 16.0 Å². The fraction of sp³-hybridized carbons (Fsp3) is 0.529. The first-order chi connectivity index (χ1) is 12.3. The maximum atomic E-state index is 13.5. The molecule has 0 aromatic heterocycles. The van der Waals surface area contributed by atoms with E-state index in [0.717, 1.165) is 0 Å². The first-order valence-corrected chi connectivity index (χ1v) is 10.4. The van der Waals surface area contributed by atoms with Crippen LogP contribution in [0, 0.1) is 12.7 Å². The van der Waals surface area contributed by atoms with E-state index in [0.29, 0.717) is 31.0 Å². The molecule has 0 radical (unpaired) electrons. The number of halogens is 2. The molecule has 1 aromatic carbocycles. The number of benzene rings is 1. The SMILES string of the molecule is CCNC(=NCCNC(=O)c1ccc(C)c(F)c1)NC1CCS(=O)(=O)C1.I. The molecule has 152 valence electrons. The summed E-state index contributed by atoms with van der Waals surface area (Å²) in [6.45, 7) is 4.79. The Hall–Kier alpha value is -1.43. The normalized spacial score (nSPS) is 18.5. The number of hydrogen-bond donors (Lipinski definition) is 3. The summed E-state index contributed by atoms with van der Waals surface area (Å²) < 4.78 is 36.5. The fourth-order valence-corrected chi connectivity index (χ4v) is 4.27. The molecule has 1 aliphatic heterocycles. The van der Waals surface area contributed by atoms with Crippen LogP contribution in [0.3, 0.4) is 0 Å². The highest BCUT2D eigenvalue weighted by molar-refractivity contribution is 14.0. The van der Waals surface area contributed by atoms with Crippen LogP contribution in [0.4, 0.5) is 4.39 Å². The zero-order valence-electron chi connectivity index (χ0n) is 15.4. The van der Waals surface area contributed by atoms with Crippen molar-refractivity contribution in [3.8, 4) is 0 Å². The number of nitrogens with one attached hydrogen (secondary N) is 3. The molecule has 1 fully saturated rings. The molecule has 1 unspecified atom stereocenters. The minimum Gasteiger partial charge on any atom is -0.357 e. The highest BCUT2D eigenvalue weighted by atomic mass is 127. The molecule has 0 aliphatic carbocycles. The molecule has 0 spiro atoms. The molecule has 3 N–H and O–H groups in total. The quantitative estimate of drug-likeness (QED) is 0.231. The second-order valence-electron chi connectivity index (χ2n) is 6.22. The van der Waals surface area contributed by atoms with Gasteiger partial charge in [-0.3, -0.25) is 9.79 Å². The number of carbonyl (C=O) groups is 1. The van der Waals surface area contributed by atoms with E-state index in [1.54, 1.807) is 19.1 Å². The summed E-state index contributed by atoms with van der Waals surface area (Å²) in [5.41, 5.74) is 0.750. The molecule has 1 atom stereocenters. The van der Waals surface area contributed by atoms with Crippen LogP contribution < -0.4 is 16.0 Å². The van der Waals surface area contributed by atoms with Crippen LogP contribution in [0.15, 0.2) is 23.2 Å². The van der Waals surface area contributed by atoms with E-state index in [1.165, 1.54) is 6.07 Å². The average molecular weight is 512 g/mol. The summed E-state index contributed by atoms with van der Waals surface area (Å²) in [7, 11) is -2.96. The monoisotopic (exact) mass is 512 g/mol. The van der Waals surface area contributed by atoms with Crippen molar-refractivity contribution in [2.24, 2.45) is 4.99 Å². The van der Waals surface area contributed by atoms with Gasteiger partial charge >= 0.3 is 0 Å². The Morgan fingerprint density at radius 1 is 1.33 bits per heavy atom. The topological polar surface area (TPSA) is 99.7 Å². The number of aliphatic imine (C=N–C) groups is 1. The van der Waals surface area contributed by atoms with Gasteiger partial charge in [0.1, 0.15) is 5.82 Å². The lowest BCUT2D eigenvalue weighted by Crippen LogP contribution is -2.44. The maximum absolute atomic E-state index is 13.5. The summed E-state index contributed by atoms with van der Waals surface area (Å²) in [4.78, 5) is 16.3. The predicted molar refractivity (Wildman–Crippen MR) is 115 cm³/mol. The predicted octanol–water partition coefficient (Wildman–Crippen LogP) is 1.22. The molecular formula is C17H26FIN4O3S. The Morgan fingerprint density at radius 3 is 2.67 bits per heavy atom. The maximum Gasteiger partial charge on any atom is 0.251 e. The highest BCUT2D eigenvalue weighted by Gasteiger charge is 2.28. The van der Waals surface area contributed by atoms with Crippen molar-refractivity contribution < 1.29 is 17.6 Å². The first kappa shape index (κ1) is 23.6. The van der Waals surface area contributed by atoms with Crippen LogP contribution in [0.5, 0.6) is 0 Å². The van der Waals surface area contributed by atoms with E-state index >= 15 is 0 Å². The van der Waals surface area contributed by atoms with Gasteiger partial charge in [-0.2, -0.15) is 0 Å². The molecule has 27 heavy (non-hydrogen) atoms. The summed E-state index contributed by atoms with van der Waals surface area (Å²) >= 11 is 0. The third-order valence-electron chi connectivity index (χ3n) is 4.02. The largest absolute Gasteiger partial charge is 0.357 e. The van der Waals surface area contributed by atoms with Crippen LogP contribution in [-0.2, 0) is 9.84 Å². The van der Waals surface area contributed by atoms with E-state index in [1.807, 2.05) is 6.92 Å². The van der Waals surface area contributed by atoms with Crippen molar-refractivity contribution in [3.63, 3.8) is 0 Å². The fourth-order valence-electron chi connectivity index (χ4n) is 2.60. The van der Waals surface area contributed by atoms with Crippen molar-refractivity contribution in [2.45, 2.75) is 26.3 Å². The lowest BCUT2D eigenvalue weighted by molar-refractivity contribution is 0.0954. The minimum absolute atomic E-state index is 0. The molecule has 0 saturated carbocycles. The summed E-state index contributed by atoms with van der Waals surface area (Å²) in [6, 6.07) is 4.19. The van der Waals surface area contributed by atoms with Crippen molar-refractivity contribution in [3.05, 3.63) is 35.1 Å². The van der Waals surface area contributed by atoms with Gasteiger partial charge in [0.2, 0.25) is 0 Å². The third kappa shape index (κ3) is 7.60. The molecular weight excluding hydrogens is 486 g/mol. The smallest absolute Gasteiger partial charge is 0.251 e. The van der Waals surface area contributed by atoms with Gasteiger partial charge in [0.25, 0.3) is 5.91 Å². The number of nitrogens with zero attached hydrogens (tertiary/aromatic N) is 1. The van der Waals surface area contributed by atoms with E-state index in [-0.39, 0.29) is 59.5 Å². The molecule has 0 bridgehead atoms. The lowest BCUT2D eigenvalue weighted by atomic mass is 10.1. The number of hydrogen-bond acceptors (Lipinski definition) is 4. The van der Waals surface area contributed by atoms with Gasteiger partial charge in [0, 0.05) is 24.7 Å². The summed E-state index contributed by atoms with van der Waals surface area (Å²) in [5, 5.41) is 8.84. The third-order valence-corrected chi connectivity index (χ3v) is 5.79. The van der Waals surface area contributed by atoms with Crippen molar-refractivity contribution in [1.29, 1.82) is 0 Å². The Balaban J connectivity index is 0.00000364. The Kier molecular flexibility index (Phi) is 9.43. The van der Waals surface area contributed by atoms with Crippen LogP contribution in [-0.4, -0.2) is 57.5 Å². The molecule has 1 amide bonds. The highest BCUT2D eigenvalue weighted by Crippen LogP contribution is 2.11. The first-order valence-electron chi connectivity index (χ1n) is 8.60. The van der Waals surface area contributed by atoms with E-state index < -0.39 is 15.7 Å². The van der Waals surface area contributed by atoms with Gasteiger partial charge in [-0.05, 0) is 38.0 Å². The van der Waals surface area contributed by atoms with Crippen molar-refractivity contribution in [1.82, 2.24) is 16.0 Å². The number of sulfone groups is 1. The average Bonchev–Trinajstić information content (AvgIpc) is 2.92. The second-order valence-corrected chi connectivity index (χ2v) is 8.45. The van der Waals surface area contributed by atoms with Gasteiger partial charge in [-0.25, -0.2) is 12.8 Å². The number of guanidine groups is 1. The van der Waals surface area contributed by atoms with Crippen LogP contribution >= 0.6 is 24.0 Å². The zero-order chi connectivity index (χ0) is 19.2. The Bertz CT molecular complexity index is 786. The summed E-state index contributed by atoms with van der Waals surface area (Å²) in [6.07, 6.45) is 0.558. The molecule has 7 nitrogen and oxygen atoms in total. The summed E-state index contributed by atoms with van der Waals surface area (Å²) in [5.74, 6) is 0.0328. The molecule has 10 heteroatoms. The van der Waals surface area contributed by atoms with E-state index in [9.17, 15) is 17.6 Å². The number of rotatable bonds is 6. The van der Waals surface area contributed by atoms with Gasteiger partial charge in [0.05, 0.1) is 18.1 Å². The van der Waals surface area contributed by atoms with Crippen molar-refractivity contribution in [2.75, 3.05) is 31.1 Å². The minimum atomic E-state index is -2.96. The van der Waals surface area contributed by atoms with Crippen molar-refractivity contribution >= 4 is 45.7 Å². The number of amides is 1. The second kappa shape index (κ2) is 10.8. The Morgan fingerprint density at radius 2 is 2.07 bits per heavy atom. The lowest BCUT2D eigenvalue weighted by Gasteiger charge is -2.15. The van der Waals surface area contributed by atoms with E-state index in [2.05, 4.69) is 20.9 Å². The van der Waals surface area contributed by atoms with Crippen LogP contribution in [0.2, 0.25) is 0 Å². The molecule has 1 aromatic rings. The Labute approximate surface area is 176 Å². The van der Waals surface area contributed by atoms with Crippen LogP contribution in [0.1, 0.15) is 29.3 Å². The molecule has 2 rings (SSSR count).